The van der Waals surface area contributed by atoms with E-state index in [9.17, 15) is 9.90 Å². The summed E-state index contributed by atoms with van der Waals surface area (Å²) in [6.45, 7) is 4.95. The highest BCUT2D eigenvalue weighted by Gasteiger charge is 2.45. The minimum Gasteiger partial charge on any atom is -0.396 e. The topological polar surface area (TPSA) is 73.2 Å². The number of piperidine rings is 2. The quantitative estimate of drug-likeness (QED) is 0.768. The van der Waals surface area contributed by atoms with E-state index in [2.05, 4.69) is 4.90 Å². The van der Waals surface area contributed by atoms with Crippen LogP contribution >= 0.6 is 0 Å². The Balaban J connectivity index is 1.59. The summed E-state index contributed by atoms with van der Waals surface area (Å²) >= 11 is 0. The molecular weight excluding hydrogens is 296 g/mol. The number of carbonyl (C=O) groups excluding carboxylic acids is 1. The van der Waals surface area contributed by atoms with Gasteiger partial charge in [-0.2, -0.15) is 0 Å². The molecule has 2 N–H and O–H groups in total. The van der Waals surface area contributed by atoms with E-state index in [1.165, 1.54) is 0 Å². The lowest BCUT2D eigenvalue weighted by molar-refractivity contribution is -0.141. The average Bonchev–Trinajstić information content (AvgIpc) is 2.63. The Morgan fingerprint density at radius 1 is 1.09 bits per heavy atom. The average molecular weight is 326 g/mol. The number of aliphatic hydroxyl groups excluding tert-OH is 2. The van der Waals surface area contributed by atoms with Crippen molar-refractivity contribution >= 4 is 5.91 Å². The lowest BCUT2D eigenvalue weighted by Gasteiger charge is -2.52. The minimum absolute atomic E-state index is 0.131. The predicted molar refractivity (Wildman–Crippen MR) is 85.9 cm³/mol. The first-order valence-electron chi connectivity index (χ1n) is 9.00. The van der Waals surface area contributed by atoms with E-state index in [4.69, 9.17) is 9.84 Å². The van der Waals surface area contributed by atoms with Gasteiger partial charge in [0.25, 0.3) is 0 Å². The van der Waals surface area contributed by atoms with E-state index < -0.39 is 6.61 Å². The van der Waals surface area contributed by atoms with Crippen LogP contribution in [0.2, 0.25) is 0 Å². The van der Waals surface area contributed by atoms with Crippen molar-refractivity contribution in [2.24, 2.45) is 11.3 Å². The molecule has 0 radical (unpaired) electrons. The highest BCUT2D eigenvalue weighted by molar-refractivity contribution is 5.77. The largest absolute Gasteiger partial charge is 0.396 e. The normalized spacial score (nSPS) is 29.8. The van der Waals surface area contributed by atoms with Crippen molar-refractivity contribution in [2.75, 3.05) is 52.6 Å². The molecule has 0 unspecified atom stereocenters. The van der Waals surface area contributed by atoms with Gasteiger partial charge >= 0.3 is 0 Å². The third kappa shape index (κ3) is 3.55. The Morgan fingerprint density at radius 2 is 1.74 bits per heavy atom. The van der Waals surface area contributed by atoms with Gasteiger partial charge in [0.15, 0.2) is 0 Å². The molecule has 1 spiro atoms. The van der Waals surface area contributed by atoms with Crippen LogP contribution in [-0.4, -0.2) is 84.6 Å². The first-order chi connectivity index (χ1) is 11.2. The van der Waals surface area contributed by atoms with Crippen LogP contribution in [0, 0.1) is 11.3 Å². The predicted octanol–water partition coefficient (Wildman–Crippen LogP) is 0.0807. The molecule has 1 atom stereocenters. The van der Waals surface area contributed by atoms with Gasteiger partial charge in [0.2, 0.25) is 5.91 Å². The number of amides is 1. The van der Waals surface area contributed by atoms with Crippen molar-refractivity contribution in [1.29, 1.82) is 0 Å². The standard InChI is InChI=1S/C17H30N2O4/c20-12-14-11-19(16(22)13-21)8-5-17(14)3-6-18(7-4-17)15-1-9-23-10-2-15/h14-15,20-21H,1-13H2/t14-/m0/s1. The molecule has 3 rings (SSSR count). The fourth-order valence-electron chi connectivity index (χ4n) is 4.73. The summed E-state index contributed by atoms with van der Waals surface area (Å²) in [5, 5.41) is 18.9. The molecule has 23 heavy (non-hydrogen) atoms. The molecule has 0 aliphatic carbocycles. The number of carbonyl (C=O) groups is 1. The molecule has 6 nitrogen and oxygen atoms in total. The van der Waals surface area contributed by atoms with E-state index >= 15 is 0 Å². The van der Waals surface area contributed by atoms with E-state index in [0.717, 1.165) is 58.4 Å². The fourth-order valence-corrected chi connectivity index (χ4v) is 4.73. The fraction of sp³-hybridized carbons (Fsp3) is 0.941. The maximum Gasteiger partial charge on any atom is 0.248 e. The molecule has 3 aliphatic heterocycles. The van der Waals surface area contributed by atoms with Gasteiger partial charge in [-0.15, -0.1) is 0 Å². The van der Waals surface area contributed by atoms with Crippen LogP contribution in [0.5, 0.6) is 0 Å². The van der Waals surface area contributed by atoms with E-state index in [-0.39, 0.29) is 23.8 Å². The van der Waals surface area contributed by atoms with E-state index in [0.29, 0.717) is 19.1 Å². The molecule has 3 saturated heterocycles. The molecule has 6 heteroatoms. The first-order valence-corrected chi connectivity index (χ1v) is 9.00. The van der Waals surface area contributed by atoms with Crippen LogP contribution in [0.15, 0.2) is 0 Å². The number of ether oxygens (including phenoxy) is 1. The lowest BCUT2D eigenvalue weighted by atomic mass is 9.64. The van der Waals surface area contributed by atoms with Crippen LogP contribution in [0.25, 0.3) is 0 Å². The second kappa shape index (κ2) is 7.47. The smallest absolute Gasteiger partial charge is 0.248 e. The molecule has 0 saturated carbocycles. The van der Waals surface area contributed by atoms with Gasteiger partial charge in [-0.1, -0.05) is 0 Å². The molecule has 3 aliphatic rings. The third-order valence-electron chi connectivity index (χ3n) is 6.40. The second-order valence-corrected chi connectivity index (χ2v) is 7.37. The zero-order valence-electron chi connectivity index (χ0n) is 14.0. The molecule has 3 fully saturated rings. The zero-order chi connectivity index (χ0) is 16.3. The Bertz CT molecular complexity index is 403. The number of hydrogen-bond donors (Lipinski definition) is 2. The number of aliphatic hydroxyl groups is 2. The zero-order valence-corrected chi connectivity index (χ0v) is 14.0. The van der Waals surface area contributed by atoms with Gasteiger partial charge < -0.3 is 24.7 Å². The van der Waals surface area contributed by atoms with Crippen molar-refractivity contribution in [2.45, 2.75) is 38.1 Å². The molecule has 1 amide bonds. The number of hydrogen-bond acceptors (Lipinski definition) is 5. The van der Waals surface area contributed by atoms with Gasteiger partial charge in [-0.3, -0.25) is 4.79 Å². The summed E-state index contributed by atoms with van der Waals surface area (Å²) in [6, 6.07) is 0.657. The molecular formula is C17H30N2O4. The highest BCUT2D eigenvalue weighted by atomic mass is 16.5. The van der Waals surface area contributed by atoms with Crippen molar-refractivity contribution in [3.05, 3.63) is 0 Å². The summed E-state index contributed by atoms with van der Waals surface area (Å²) in [7, 11) is 0. The van der Waals surface area contributed by atoms with Crippen molar-refractivity contribution in [3.8, 4) is 0 Å². The molecule has 0 aromatic heterocycles. The Morgan fingerprint density at radius 3 is 2.35 bits per heavy atom. The van der Waals surface area contributed by atoms with E-state index in [1.54, 1.807) is 4.90 Å². The van der Waals surface area contributed by atoms with Crippen molar-refractivity contribution in [3.63, 3.8) is 0 Å². The Hall–Kier alpha value is -0.690. The highest BCUT2D eigenvalue weighted by Crippen LogP contribution is 2.45. The Labute approximate surface area is 138 Å². The summed E-state index contributed by atoms with van der Waals surface area (Å²) in [4.78, 5) is 16.1. The van der Waals surface area contributed by atoms with Crippen LogP contribution in [-0.2, 0) is 9.53 Å². The van der Waals surface area contributed by atoms with Crippen LogP contribution < -0.4 is 0 Å². The maximum atomic E-state index is 11.7. The molecule has 132 valence electrons. The molecule has 0 bridgehead atoms. The molecule has 3 heterocycles. The third-order valence-corrected chi connectivity index (χ3v) is 6.40. The summed E-state index contributed by atoms with van der Waals surface area (Å²) in [6.07, 6.45) is 5.43. The maximum absolute atomic E-state index is 11.7. The van der Waals surface area contributed by atoms with Crippen LogP contribution in [0.3, 0.4) is 0 Å². The van der Waals surface area contributed by atoms with Crippen molar-refractivity contribution in [1.82, 2.24) is 9.80 Å². The number of nitrogens with zero attached hydrogens (tertiary/aromatic N) is 2. The number of rotatable bonds is 3. The minimum atomic E-state index is -0.428. The molecule has 0 aromatic rings. The van der Waals surface area contributed by atoms with Crippen LogP contribution in [0.1, 0.15) is 32.1 Å². The SMILES string of the molecule is O=C(CO)N1CCC2(CCN(C3CCOCC3)CC2)[C@H](CO)C1. The van der Waals surface area contributed by atoms with Gasteiger partial charge in [0.1, 0.15) is 6.61 Å². The van der Waals surface area contributed by atoms with Crippen LogP contribution in [0.4, 0.5) is 0 Å². The molecule has 0 aromatic carbocycles. The monoisotopic (exact) mass is 326 g/mol. The second-order valence-electron chi connectivity index (χ2n) is 7.37. The van der Waals surface area contributed by atoms with Gasteiger partial charge in [0.05, 0.1) is 0 Å². The van der Waals surface area contributed by atoms with Crippen molar-refractivity contribution < 1.29 is 19.7 Å². The lowest BCUT2D eigenvalue weighted by Crippen LogP contribution is -2.56. The Kier molecular flexibility index (Phi) is 5.57. The summed E-state index contributed by atoms with van der Waals surface area (Å²) in [5.74, 6) is -0.0680. The number of likely N-dealkylation sites (tertiary alicyclic amines) is 2. The summed E-state index contributed by atoms with van der Waals surface area (Å²) < 4.78 is 5.46. The van der Waals surface area contributed by atoms with Gasteiger partial charge in [0, 0.05) is 44.9 Å². The van der Waals surface area contributed by atoms with E-state index in [1.807, 2.05) is 0 Å². The first kappa shape index (κ1) is 17.1. The summed E-state index contributed by atoms with van der Waals surface area (Å²) in [5.41, 5.74) is 0.169. The van der Waals surface area contributed by atoms with Gasteiger partial charge in [-0.25, -0.2) is 0 Å². The van der Waals surface area contributed by atoms with Gasteiger partial charge in [-0.05, 0) is 50.6 Å².